The van der Waals surface area contributed by atoms with E-state index in [1.54, 1.807) is 18.2 Å². The molecule has 0 bridgehead atoms. The van der Waals surface area contributed by atoms with Gasteiger partial charge in [-0.25, -0.2) is 0 Å². The third-order valence-electron chi connectivity index (χ3n) is 7.40. The molecule has 3 N–H and O–H groups in total. The van der Waals surface area contributed by atoms with Gasteiger partial charge in [-0.1, -0.05) is 30.3 Å². The minimum atomic E-state index is -1.04. The van der Waals surface area contributed by atoms with Crippen molar-refractivity contribution in [2.24, 2.45) is 5.73 Å². The van der Waals surface area contributed by atoms with Crippen LogP contribution < -0.4 is 10.5 Å². The number of piperidine rings is 1. The van der Waals surface area contributed by atoms with Crippen LogP contribution in [0.3, 0.4) is 0 Å². The number of likely N-dealkylation sites (tertiary alicyclic amines) is 1. The molecule has 37 heavy (non-hydrogen) atoms. The van der Waals surface area contributed by atoms with E-state index in [1.165, 1.54) is 23.3 Å². The average Bonchev–Trinajstić information content (AvgIpc) is 3.20. The Bertz CT molecular complexity index is 1130. The molecule has 0 saturated carbocycles. The zero-order chi connectivity index (χ0) is 26.5. The van der Waals surface area contributed by atoms with E-state index >= 15 is 0 Å². The number of carbonyl (C=O) groups is 3. The van der Waals surface area contributed by atoms with Gasteiger partial charge in [0.05, 0.1) is 6.54 Å². The standard InChI is InChI=1S/C28H36N4O5/c1-30(2)21-12-14-31(15-13-21)16-19-6-8-20(9-7-19)18-37-25-5-3-4-22-23(25)17-32(28(22)36)24(27(29)35)10-11-26(33)34/h3-9,21,24H,10-18H2,1-2H3,(H2,29,35)(H,33,34). The van der Waals surface area contributed by atoms with Crippen LogP contribution >= 0.6 is 0 Å². The van der Waals surface area contributed by atoms with Crippen molar-refractivity contribution >= 4 is 17.8 Å². The number of hydrogen-bond acceptors (Lipinski definition) is 6. The normalized spacial score (nSPS) is 17.2. The Morgan fingerprint density at radius 2 is 1.78 bits per heavy atom. The van der Waals surface area contributed by atoms with E-state index in [0.29, 0.717) is 29.5 Å². The Hall–Kier alpha value is -3.43. The summed E-state index contributed by atoms with van der Waals surface area (Å²) in [5.41, 5.74) is 8.93. The summed E-state index contributed by atoms with van der Waals surface area (Å²) >= 11 is 0. The number of primary amides is 1. The third kappa shape index (κ3) is 6.47. The van der Waals surface area contributed by atoms with E-state index in [-0.39, 0.29) is 25.3 Å². The van der Waals surface area contributed by atoms with Crippen LogP contribution in [0.25, 0.3) is 0 Å². The Morgan fingerprint density at radius 1 is 1.11 bits per heavy atom. The molecule has 1 fully saturated rings. The third-order valence-corrected chi connectivity index (χ3v) is 7.40. The SMILES string of the molecule is CN(C)C1CCN(Cc2ccc(COc3cccc4c3CN(C(CCC(=O)O)C(N)=O)C4=O)cc2)CC1. The lowest BCUT2D eigenvalue weighted by atomic mass is 10.0. The van der Waals surface area contributed by atoms with Crippen LogP contribution in [0.4, 0.5) is 0 Å². The Balaban J connectivity index is 1.35. The van der Waals surface area contributed by atoms with Crippen molar-refractivity contribution < 1.29 is 24.2 Å². The number of ether oxygens (including phenoxy) is 1. The highest BCUT2D eigenvalue weighted by atomic mass is 16.5. The van der Waals surface area contributed by atoms with Crippen LogP contribution in [0, 0.1) is 0 Å². The molecule has 2 aromatic carbocycles. The summed E-state index contributed by atoms with van der Waals surface area (Å²) in [7, 11) is 4.30. The van der Waals surface area contributed by atoms with Gasteiger partial charge in [0.2, 0.25) is 5.91 Å². The molecule has 9 nitrogen and oxygen atoms in total. The molecule has 2 aromatic rings. The molecule has 2 amide bonds. The van der Waals surface area contributed by atoms with E-state index in [1.807, 2.05) is 0 Å². The van der Waals surface area contributed by atoms with Crippen LogP contribution in [0.2, 0.25) is 0 Å². The maximum atomic E-state index is 13.0. The van der Waals surface area contributed by atoms with E-state index in [0.717, 1.165) is 25.2 Å². The molecule has 1 saturated heterocycles. The Labute approximate surface area is 217 Å². The second-order valence-electron chi connectivity index (χ2n) is 10.1. The van der Waals surface area contributed by atoms with Crippen molar-refractivity contribution in [1.82, 2.24) is 14.7 Å². The summed E-state index contributed by atoms with van der Waals surface area (Å²) in [4.78, 5) is 42.1. The highest BCUT2D eigenvalue weighted by molar-refractivity contribution is 6.01. The van der Waals surface area contributed by atoms with Gasteiger partial charge in [-0.3, -0.25) is 19.3 Å². The van der Waals surface area contributed by atoms with Gasteiger partial charge in [0.15, 0.2) is 0 Å². The van der Waals surface area contributed by atoms with Gasteiger partial charge in [0, 0.05) is 30.1 Å². The number of carbonyl (C=O) groups excluding carboxylic acids is 2. The lowest BCUT2D eigenvalue weighted by Gasteiger charge is -2.35. The molecule has 1 unspecified atom stereocenters. The van der Waals surface area contributed by atoms with E-state index in [4.69, 9.17) is 15.6 Å². The first-order valence-electron chi connectivity index (χ1n) is 12.8. The van der Waals surface area contributed by atoms with Crippen molar-refractivity contribution in [3.63, 3.8) is 0 Å². The largest absolute Gasteiger partial charge is 0.489 e. The second-order valence-corrected chi connectivity index (χ2v) is 10.1. The fourth-order valence-corrected chi connectivity index (χ4v) is 5.18. The summed E-state index contributed by atoms with van der Waals surface area (Å²) < 4.78 is 6.09. The first-order chi connectivity index (χ1) is 17.7. The molecule has 0 spiro atoms. The number of amides is 2. The van der Waals surface area contributed by atoms with Crippen molar-refractivity contribution in [3.8, 4) is 5.75 Å². The highest BCUT2D eigenvalue weighted by Crippen LogP contribution is 2.33. The lowest BCUT2D eigenvalue weighted by molar-refractivity contribution is -0.137. The number of rotatable bonds is 11. The van der Waals surface area contributed by atoms with Gasteiger partial charge in [0.25, 0.3) is 5.91 Å². The summed E-state index contributed by atoms with van der Waals surface area (Å²) in [6.45, 7) is 3.65. The van der Waals surface area contributed by atoms with Gasteiger partial charge < -0.3 is 25.4 Å². The number of benzene rings is 2. The molecular formula is C28H36N4O5. The topological polar surface area (TPSA) is 116 Å². The number of nitrogens with two attached hydrogens (primary N) is 1. The van der Waals surface area contributed by atoms with Gasteiger partial charge in [-0.2, -0.15) is 0 Å². The second kappa shape index (κ2) is 11.7. The molecule has 0 aromatic heterocycles. The number of carboxylic acid groups (broad SMARTS) is 1. The van der Waals surface area contributed by atoms with Crippen LogP contribution in [0.15, 0.2) is 42.5 Å². The molecule has 0 aliphatic carbocycles. The van der Waals surface area contributed by atoms with Gasteiger partial charge in [-0.15, -0.1) is 0 Å². The number of fused-ring (bicyclic) bond motifs is 1. The summed E-state index contributed by atoms with van der Waals surface area (Å²) in [6, 6.07) is 13.3. The molecule has 4 rings (SSSR count). The quantitative estimate of drug-likeness (QED) is 0.479. The molecule has 9 heteroatoms. The molecule has 2 aliphatic heterocycles. The summed E-state index contributed by atoms with van der Waals surface area (Å²) in [5.74, 6) is -1.53. The van der Waals surface area contributed by atoms with Crippen LogP contribution in [-0.4, -0.2) is 76.9 Å². The molecular weight excluding hydrogens is 472 g/mol. The molecule has 1 atom stereocenters. The van der Waals surface area contributed by atoms with Crippen molar-refractivity contribution in [2.75, 3.05) is 27.2 Å². The number of nitrogens with zero attached hydrogens (tertiary/aromatic N) is 3. The Kier molecular flexibility index (Phi) is 8.45. The maximum absolute atomic E-state index is 13.0. The number of hydrogen-bond donors (Lipinski definition) is 2. The molecule has 0 radical (unpaired) electrons. The number of aliphatic carboxylic acids is 1. The summed E-state index contributed by atoms with van der Waals surface area (Å²) in [5, 5.41) is 9.00. The van der Waals surface area contributed by atoms with E-state index in [9.17, 15) is 14.4 Å². The zero-order valence-corrected chi connectivity index (χ0v) is 21.6. The summed E-state index contributed by atoms with van der Waals surface area (Å²) in [6.07, 6.45) is 2.11. The van der Waals surface area contributed by atoms with Gasteiger partial charge in [-0.05, 0) is 69.7 Å². The lowest BCUT2D eigenvalue weighted by Crippen LogP contribution is -2.45. The first kappa shape index (κ1) is 26.6. The fraction of sp³-hybridized carbons (Fsp3) is 0.464. The molecule has 2 heterocycles. The monoisotopic (exact) mass is 508 g/mol. The van der Waals surface area contributed by atoms with Gasteiger partial charge in [0.1, 0.15) is 18.4 Å². The van der Waals surface area contributed by atoms with Crippen molar-refractivity contribution in [2.45, 2.75) is 57.5 Å². The van der Waals surface area contributed by atoms with Crippen LogP contribution in [0.5, 0.6) is 5.75 Å². The molecule has 198 valence electrons. The minimum Gasteiger partial charge on any atom is -0.489 e. The average molecular weight is 509 g/mol. The molecule has 2 aliphatic rings. The smallest absolute Gasteiger partial charge is 0.303 e. The highest BCUT2D eigenvalue weighted by Gasteiger charge is 2.37. The first-order valence-corrected chi connectivity index (χ1v) is 12.8. The number of carboxylic acids is 1. The zero-order valence-electron chi connectivity index (χ0n) is 21.6. The van der Waals surface area contributed by atoms with E-state index in [2.05, 4.69) is 48.2 Å². The van der Waals surface area contributed by atoms with Crippen LogP contribution in [0.1, 0.15) is 52.7 Å². The predicted molar refractivity (Wildman–Crippen MR) is 139 cm³/mol. The van der Waals surface area contributed by atoms with Crippen molar-refractivity contribution in [1.29, 1.82) is 0 Å². The van der Waals surface area contributed by atoms with Crippen molar-refractivity contribution in [3.05, 3.63) is 64.7 Å². The Morgan fingerprint density at radius 3 is 2.41 bits per heavy atom. The van der Waals surface area contributed by atoms with Crippen LogP contribution in [-0.2, 0) is 29.3 Å². The van der Waals surface area contributed by atoms with Gasteiger partial charge >= 0.3 is 5.97 Å². The maximum Gasteiger partial charge on any atom is 0.303 e. The minimum absolute atomic E-state index is 0.0272. The fourth-order valence-electron chi connectivity index (χ4n) is 5.18. The predicted octanol–water partition coefficient (Wildman–Crippen LogP) is 2.47. The van der Waals surface area contributed by atoms with E-state index < -0.39 is 17.9 Å².